The van der Waals surface area contributed by atoms with E-state index in [1.807, 2.05) is 13.0 Å². The molecular formula is C20H20I3NO5. The largest absolute Gasteiger partial charge is 0.508 e. The summed E-state index contributed by atoms with van der Waals surface area (Å²) < 4.78 is 2.42. The summed E-state index contributed by atoms with van der Waals surface area (Å²) >= 11 is 6.33. The number of carboxylic acid groups (broad SMARTS) is 1. The Kier molecular flexibility index (Phi) is 9.25. The van der Waals surface area contributed by atoms with Crippen LogP contribution in [0.5, 0.6) is 11.5 Å². The molecule has 0 aromatic heterocycles. The Bertz CT molecular complexity index is 902. The van der Waals surface area contributed by atoms with Gasteiger partial charge in [-0.05, 0) is 110 Å². The number of carbonyl (C=O) groups excluding carboxylic acids is 1. The first-order chi connectivity index (χ1) is 13.6. The second kappa shape index (κ2) is 11.0. The zero-order valence-electron chi connectivity index (χ0n) is 15.5. The van der Waals surface area contributed by atoms with E-state index in [2.05, 4.69) is 73.1 Å². The zero-order chi connectivity index (χ0) is 21.7. The quantitative estimate of drug-likeness (QED) is 0.303. The number of halogens is 3. The van der Waals surface area contributed by atoms with E-state index in [4.69, 9.17) is 0 Å². The Morgan fingerprint density at radius 2 is 1.66 bits per heavy atom. The lowest BCUT2D eigenvalue weighted by atomic mass is 9.95. The molecule has 0 aliphatic carbocycles. The third kappa shape index (κ3) is 6.57. The molecule has 2 aromatic carbocycles. The smallest absolute Gasteiger partial charge is 0.326 e. The molecule has 0 aliphatic rings. The van der Waals surface area contributed by atoms with Crippen molar-refractivity contribution in [3.05, 3.63) is 52.2 Å². The molecule has 156 valence electrons. The molecule has 0 fully saturated rings. The van der Waals surface area contributed by atoms with Crippen LogP contribution in [0.25, 0.3) is 0 Å². The molecule has 0 radical (unpaired) electrons. The highest BCUT2D eigenvalue weighted by molar-refractivity contribution is 14.1. The maximum atomic E-state index is 12.8. The van der Waals surface area contributed by atoms with Crippen molar-refractivity contribution in [2.24, 2.45) is 5.92 Å². The van der Waals surface area contributed by atoms with Gasteiger partial charge in [0, 0.05) is 15.9 Å². The minimum atomic E-state index is -1.11. The lowest BCUT2D eigenvalue weighted by molar-refractivity contribution is -0.142. The van der Waals surface area contributed by atoms with Crippen LogP contribution in [0.1, 0.15) is 24.5 Å². The fourth-order valence-corrected chi connectivity index (χ4v) is 6.64. The van der Waals surface area contributed by atoms with Crippen LogP contribution in [-0.2, 0) is 22.4 Å². The third-order valence-corrected chi connectivity index (χ3v) is 7.49. The molecule has 1 amide bonds. The van der Waals surface area contributed by atoms with Crippen molar-refractivity contribution in [1.82, 2.24) is 5.32 Å². The van der Waals surface area contributed by atoms with Gasteiger partial charge < -0.3 is 20.6 Å². The number of hydrogen-bond acceptors (Lipinski definition) is 4. The van der Waals surface area contributed by atoms with Gasteiger partial charge in [-0.2, -0.15) is 0 Å². The van der Waals surface area contributed by atoms with Gasteiger partial charge in [0.2, 0.25) is 5.91 Å². The predicted octanol–water partition coefficient (Wildman–Crippen LogP) is 4.29. The third-order valence-electron chi connectivity index (χ3n) is 4.55. The number of amides is 1. The summed E-state index contributed by atoms with van der Waals surface area (Å²) in [5.41, 5.74) is 1.59. The lowest BCUT2D eigenvalue weighted by Crippen LogP contribution is -2.45. The van der Waals surface area contributed by atoms with Crippen LogP contribution in [0.4, 0.5) is 0 Å². The minimum absolute atomic E-state index is 0.0979. The monoisotopic (exact) mass is 735 g/mol. The summed E-state index contributed by atoms with van der Waals surface area (Å²) in [6.07, 6.45) is 1.07. The van der Waals surface area contributed by atoms with Crippen molar-refractivity contribution in [1.29, 1.82) is 0 Å². The predicted molar refractivity (Wildman–Crippen MR) is 135 cm³/mol. The Morgan fingerprint density at radius 3 is 2.21 bits per heavy atom. The van der Waals surface area contributed by atoms with Gasteiger partial charge in [0.15, 0.2) is 0 Å². The zero-order valence-corrected chi connectivity index (χ0v) is 21.9. The summed E-state index contributed by atoms with van der Waals surface area (Å²) in [5.74, 6) is -1.56. The van der Waals surface area contributed by atoms with E-state index in [1.165, 1.54) is 12.1 Å². The summed E-state index contributed by atoms with van der Waals surface area (Å²) in [4.78, 5) is 24.5. The molecule has 0 saturated carbocycles. The lowest BCUT2D eigenvalue weighted by Gasteiger charge is -2.21. The highest BCUT2D eigenvalue weighted by Gasteiger charge is 2.26. The highest BCUT2D eigenvalue weighted by Crippen LogP contribution is 2.34. The number of aliphatic carboxylic acids is 1. The molecule has 29 heavy (non-hydrogen) atoms. The molecule has 6 nitrogen and oxygen atoms in total. The average molecular weight is 735 g/mol. The van der Waals surface area contributed by atoms with Gasteiger partial charge in [-0.3, -0.25) is 4.79 Å². The first-order valence-electron chi connectivity index (χ1n) is 8.80. The Morgan fingerprint density at radius 1 is 1.03 bits per heavy atom. The summed E-state index contributed by atoms with van der Waals surface area (Å²) in [6, 6.07) is 7.03. The number of aromatic hydroxyl groups is 2. The van der Waals surface area contributed by atoms with Gasteiger partial charge in [0.25, 0.3) is 0 Å². The summed E-state index contributed by atoms with van der Waals surface area (Å²) in [5, 5.41) is 31.8. The van der Waals surface area contributed by atoms with Crippen molar-refractivity contribution >= 4 is 79.6 Å². The first-order valence-corrected chi connectivity index (χ1v) is 12.0. The van der Waals surface area contributed by atoms with E-state index < -0.39 is 17.9 Å². The summed E-state index contributed by atoms with van der Waals surface area (Å²) in [7, 11) is 0. The normalized spacial score (nSPS) is 13.0. The van der Waals surface area contributed by atoms with E-state index in [1.54, 1.807) is 12.1 Å². The Balaban J connectivity index is 2.16. The molecule has 0 spiro atoms. The van der Waals surface area contributed by atoms with Gasteiger partial charge in [-0.25, -0.2) is 4.79 Å². The van der Waals surface area contributed by atoms with E-state index in [9.17, 15) is 24.9 Å². The number of nitrogens with one attached hydrogen (secondary N) is 1. The number of phenols is 2. The molecule has 2 atom stereocenters. The van der Waals surface area contributed by atoms with Crippen molar-refractivity contribution in [2.45, 2.75) is 32.2 Å². The maximum Gasteiger partial charge on any atom is 0.326 e. The van der Waals surface area contributed by atoms with Crippen molar-refractivity contribution in [2.75, 3.05) is 0 Å². The van der Waals surface area contributed by atoms with Crippen LogP contribution in [-0.4, -0.2) is 33.2 Å². The molecule has 0 heterocycles. The molecule has 2 rings (SSSR count). The van der Waals surface area contributed by atoms with Crippen molar-refractivity contribution in [3.63, 3.8) is 0 Å². The van der Waals surface area contributed by atoms with E-state index in [0.29, 0.717) is 22.0 Å². The molecule has 0 unspecified atom stereocenters. The second-order valence-corrected chi connectivity index (χ2v) is 9.96. The number of carbonyl (C=O) groups is 2. The standard InChI is InChI=1S/C20H20I3NO5/c1-2-11(8-13-14(21)9-15(22)18(26)17(13)23)19(27)24-16(20(28)29)7-10-3-5-12(25)6-4-10/h3-6,9,11,16,25-26H,2,7-8H2,1H3,(H,24,27)(H,28,29)/t11-,16+/m1/s1. The number of benzene rings is 2. The van der Waals surface area contributed by atoms with Gasteiger partial charge in [0.05, 0.1) is 7.14 Å². The molecule has 9 heteroatoms. The number of rotatable bonds is 8. The molecule has 0 saturated heterocycles. The summed E-state index contributed by atoms with van der Waals surface area (Å²) in [6.45, 7) is 1.88. The van der Waals surface area contributed by atoms with Crippen LogP contribution in [0.2, 0.25) is 0 Å². The van der Waals surface area contributed by atoms with Crippen molar-refractivity contribution < 1.29 is 24.9 Å². The molecule has 0 bridgehead atoms. The van der Waals surface area contributed by atoms with Gasteiger partial charge in [0.1, 0.15) is 17.5 Å². The van der Waals surface area contributed by atoms with E-state index >= 15 is 0 Å². The van der Waals surface area contributed by atoms with Gasteiger partial charge in [-0.1, -0.05) is 19.1 Å². The van der Waals surface area contributed by atoms with Crippen LogP contribution in [0.15, 0.2) is 30.3 Å². The topological polar surface area (TPSA) is 107 Å². The fourth-order valence-electron chi connectivity index (χ4n) is 2.83. The number of hydrogen-bond donors (Lipinski definition) is 4. The molecular weight excluding hydrogens is 715 g/mol. The van der Waals surface area contributed by atoms with Crippen LogP contribution in [0, 0.1) is 16.6 Å². The molecule has 2 aromatic rings. The second-order valence-electron chi connectivity index (χ2n) is 6.56. The van der Waals surface area contributed by atoms with E-state index in [0.717, 1.165) is 12.7 Å². The van der Waals surface area contributed by atoms with E-state index in [-0.39, 0.29) is 23.8 Å². The highest BCUT2D eigenvalue weighted by atomic mass is 127. The van der Waals surface area contributed by atoms with Crippen LogP contribution < -0.4 is 5.32 Å². The number of carboxylic acids is 1. The Hall–Kier alpha value is -0.830. The fraction of sp³-hybridized carbons (Fsp3) is 0.300. The van der Waals surface area contributed by atoms with Crippen LogP contribution >= 0.6 is 67.8 Å². The Labute approximate surface area is 209 Å². The number of phenolic OH excluding ortho intramolecular Hbond substituents is 2. The van der Waals surface area contributed by atoms with Gasteiger partial charge in [-0.15, -0.1) is 0 Å². The van der Waals surface area contributed by atoms with Crippen molar-refractivity contribution in [3.8, 4) is 11.5 Å². The van der Waals surface area contributed by atoms with Crippen LogP contribution in [0.3, 0.4) is 0 Å². The first kappa shape index (κ1) is 24.4. The maximum absolute atomic E-state index is 12.8. The average Bonchev–Trinajstić information content (AvgIpc) is 2.67. The SMILES string of the molecule is CC[C@H](Cc1c(I)cc(I)c(O)c1I)C(=O)N[C@@H](Cc1ccc(O)cc1)C(=O)O. The molecule has 4 N–H and O–H groups in total. The van der Waals surface area contributed by atoms with Gasteiger partial charge >= 0.3 is 5.97 Å². The molecule has 0 aliphatic heterocycles. The minimum Gasteiger partial charge on any atom is -0.508 e.